The molecule has 128 valence electrons. The van der Waals surface area contributed by atoms with Gasteiger partial charge < -0.3 is 15.2 Å². The van der Waals surface area contributed by atoms with Crippen LogP contribution in [0.2, 0.25) is 0 Å². The molecule has 0 bridgehead atoms. The van der Waals surface area contributed by atoms with Gasteiger partial charge in [-0.05, 0) is 23.6 Å². The second-order valence-corrected chi connectivity index (χ2v) is 6.35. The van der Waals surface area contributed by atoms with Crippen LogP contribution < -0.4 is 10.1 Å². The van der Waals surface area contributed by atoms with Crippen molar-refractivity contribution in [3.63, 3.8) is 0 Å². The first-order valence-electron chi connectivity index (χ1n) is 7.58. The molecule has 0 saturated heterocycles. The quantitative estimate of drug-likeness (QED) is 0.766. The predicted molar refractivity (Wildman–Crippen MR) is 91.8 cm³/mol. The first-order valence-corrected chi connectivity index (χ1v) is 8.46. The van der Waals surface area contributed by atoms with Gasteiger partial charge in [0.05, 0.1) is 12.1 Å². The summed E-state index contributed by atoms with van der Waals surface area (Å²) in [6, 6.07) is 7.68. The Morgan fingerprint density at radius 3 is 2.62 bits per heavy atom. The number of carboxylic acid groups (broad SMARTS) is 1. The Hall–Kier alpha value is -2.41. The highest BCUT2D eigenvalue weighted by atomic mass is 32.1. The molecule has 6 nitrogen and oxygen atoms in total. The summed E-state index contributed by atoms with van der Waals surface area (Å²) in [5, 5.41) is 13.9. The maximum absolute atomic E-state index is 12.0. The monoisotopic (exact) mass is 348 g/mol. The van der Waals surface area contributed by atoms with Gasteiger partial charge in [-0.1, -0.05) is 19.1 Å². The van der Waals surface area contributed by atoms with E-state index in [1.54, 1.807) is 7.11 Å². The molecule has 1 heterocycles. The van der Waals surface area contributed by atoms with Crippen LogP contribution in [0.4, 0.5) is 0 Å². The van der Waals surface area contributed by atoms with Crippen molar-refractivity contribution in [3.8, 4) is 5.75 Å². The van der Waals surface area contributed by atoms with Crippen molar-refractivity contribution in [2.24, 2.45) is 0 Å². The van der Waals surface area contributed by atoms with Crippen molar-refractivity contribution in [1.29, 1.82) is 0 Å². The van der Waals surface area contributed by atoms with Gasteiger partial charge in [-0.15, -0.1) is 11.3 Å². The third-order valence-electron chi connectivity index (χ3n) is 3.61. The largest absolute Gasteiger partial charge is 0.497 e. The lowest BCUT2D eigenvalue weighted by molar-refractivity contribution is -0.121. The summed E-state index contributed by atoms with van der Waals surface area (Å²) in [6.07, 6.45) is 0.922. The molecule has 0 radical (unpaired) electrons. The highest BCUT2D eigenvalue weighted by Gasteiger charge is 2.12. The van der Waals surface area contributed by atoms with E-state index in [2.05, 4.69) is 10.3 Å². The zero-order chi connectivity index (χ0) is 17.5. The molecule has 1 unspecified atom stereocenters. The van der Waals surface area contributed by atoms with Gasteiger partial charge in [0.25, 0.3) is 0 Å². The fourth-order valence-corrected chi connectivity index (χ4v) is 3.01. The third kappa shape index (κ3) is 5.06. The summed E-state index contributed by atoms with van der Waals surface area (Å²) in [4.78, 5) is 26.8. The van der Waals surface area contributed by atoms with Gasteiger partial charge in [0.15, 0.2) is 5.69 Å². The van der Waals surface area contributed by atoms with Crippen molar-refractivity contribution in [2.45, 2.75) is 25.7 Å². The molecular formula is C17H20N2O4S. The molecule has 1 aromatic carbocycles. The van der Waals surface area contributed by atoms with E-state index in [1.165, 1.54) is 16.7 Å². The first-order chi connectivity index (χ1) is 11.5. The number of carbonyl (C=O) groups excluding carboxylic acids is 1. The number of nitrogens with one attached hydrogen (secondary N) is 1. The topological polar surface area (TPSA) is 88.5 Å². The predicted octanol–water partition coefficient (Wildman–Crippen LogP) is 2.70. The SMILES string of the molecule is COc1ccc(C(C)CC(=O)NCCc2nc(C(=O)O)cs2)cc1. The maximum atomic E-state index is 12.0. The van der Waals surface area contributed by atoms with Crippen LogP contribution in [-0.4, -0.2) is 35.6 Å². The summed E-state index contributed by atoms with van der Waals surface area (Å²) in [5.74, 6) is -0.169. The number of ether oxygens (including phenoxy) is 1. The first kappa shape index (κ1) is 17.9. The molecule has 2 rings (SSSR count). The van der Waals surface area contributed by atoms with E-state index in [1.807, 2.05) is 31.2 Å². The summed E-state index contributed by atoms with van der Waals surface area (Å²) in [7, 11) is 1.62. The maximum Gasteiger partial charge on any atom is 0.355 e. The van der Waals surface area contributed by atoms with E-state index in [4.69, 9.17) is 9.84 Å². The van der Waals surface area contributed by atoms with E-state index in [9.17, 15) is 9.59 Å². The number of methoxy groups -OCH3 is 1. The normalized spacial score (nSPS) is 11.8. The van der Waals surface area contributed by atoms with Gasteiger partial charge in [0, 0.05) is 24.8 Å². The Bertz CT molecular complexity index is 697. The van der Waals surface area contributed by atoms with Crippen LogP contribution in [0, 0.1) is 0 Å². The molecule has 0 aliphatic carbocycles. The summed E-state index contributed by atoms with van der Waals surface area (Å²) >= 11 is 1.29. The van der Waals surface area contributed by atoms with Crippen molar-refractivity contribution in [1.82, 2.24) is 10.3 Å². The average Bonchev–Trinajstić information content (AvgIpc) is 3.04. The second kappa shape index (κ2) is 8.44. The van der Waals surface area contributed by atoms with Crippen molar-refractivity contribution in [2.75, 3.05) is 13.7 Å². The Labute approximate surface area is 144 Å². The Morgan fingerprint density at radius 1 is 1.33 bits per heavy atom. The van der Waals surface area contributed by atoms with E-state index in [-0.39, 0.29) is 17.5 Å². The number of hydrogen-bond acceptors (Lipinski definition) is 5. The van der Waals surface area contributed by atoms with Crippen LogP contribution >= 0.6 is 11.3 Å². The van der Waals surface area contributed by atoms with E-state index in [0.717, 1.165) is 11.3 Å². The van der Waals surface area contributed by atoms with E-state index >= 15 is 0 Å². The third-order valence-corrected chi connectivity index (χ3v) is 4.52. The smallest absolute Gasteiger partial charge is 0.355 e. The lowest BCUT2D eigenvalue weighted by atomic mass is 9.97. The number of amides is 1. The molecule has 0 saturated carbocycles. The van der Waals surface area contributed by atoms with Gasteiger partial charge in [-0.25, -0.2) is 9.78 Å². The minimum atomic E-state index is -1.03. The number of carboxylic acids is 1. The fraction of sp³-hybridized carbons (Fsp3) is 0.353. The summed E-state index contributed by atoms with van der Waals surface area (Å²) in [5.41, 5.74) is 1.13. The molecule has 1 amide bonds. The summed E-state index contributed by atoms with van der Waals surface area (Å²) < 4.78 is 5.12. The van der Waals surface area contributed by atoms with E-state index in [0.29, 0.717) is 24.4 Å². The van der Waals surface area contributed by atoms with Crippen molar-refractivity contribution in [3.05, 3.63) is 45.9 Å². The Balaban J connectivity index is 1.76. The Morgan fingerprint density at radius 2 is 2.04 bits per heavy atom. The number of aromatic nitrogens is 1. The zero-order valence-electron chi connectivity index (χ0n) is 13.6. The minimum absolute atomic E-state index is 0.0340. The van der Waals surface area contributed by atoms with E-state index < -0.39 is 5.97 Å². The molecule has 0 spiro atoms. The van der Waals surface area contributed by atoms with Crippen LogP contribution in [-0.2, 0) is 11.2 Å². The van der Waals surface area contributed by atoms with Gasteiger partial charge >= 0.3 is 5.97 Å². The lowest BCUT2D eigenvalue weighted by Gasteiger charge is -2.12. The number of thiazole rings is 1. The number of carbonyl (C=O) groups is 2. The number of rotatable bonds is 8. The van der Waals surface area contributed by atoms with Crippen LogP contribution in [0.5, 0.6) is 5.75 Å². The molecule has 0 fully saturated rings. The van der Waals surface area contributed by atoms with Crippen molar-refractivity contribution >= 4 is 23.2 Å². The number of nitrogens with zero attached hydrogens (tertiary/aromatic N) is 1. The van der Waals surface area contributed by atoms with Crippen LogP contribution in [0.1, 0.15) is 40.3 Å². The molecule has 2 N–H and O–H groups in total. The number of benzene rings is 1. The Kier molecular flexibility index (Phi) is 6.31. The fourth-order valence-electron chi connectivity index (χ4n) is 2.23. The van der Waals surface area contributed by atoms with Gasteiger partial charge in [0.2, 0.25) is 5.91 Å². The van der Waals surface area contributed by atoms with Gasteiger partial charge in [-0.3, -0.25) is 4.79 Å². The molecule has 0 aliphatic heterocycles. The van der Waals surface area contributed by atoms with Crippen LogP contribution in [0.3, 0.4) is 0 Å². The molecule has 2 aromatic rings. The minimum Gasteiger partial charge on any atom is -0.497 e. The molecule has 0 aliphatic rings. The number of hydrogen-bond donors (Lipinski definition) is 2. The second-order valence-electron chi connectivity index (χ2n) is 5.41. The van der Waals surface area contributed by atoms with Crippen LogP contribution in [0.15, 0.2) is 29.6 Å². The highest BCUT2D eigenvalue weighted by Crippen LogP contribution is 2.21. The van der Waals surface area contributed by atoms with Gasteiger partial charge in [-0.2, -0.15) is 0 Å². The standard InChI is InChI=1S/C17H20N2O4S/c1-11(12-3-5-13(23-2)6-4-12)9-15(20)18-8-7-16-19-14(10-24-16)17(21)22/h3-6,10-11H,7-9H2,1-2H3,(H,18,20)(H,21,22). The lowest BCUT2D eigenvalue weighted by Crippen LogP contribution is -2.26. The molecule has 7 heteroatoms. The van der Waals surface area contributed by atoms with Crippen LogP contribution in [0.25, 0.3) is 0 Å². The highest BCUT2D eigenvalue weighted by molar-refractivity contribution is 7.09. The molecule has 1 aromatic heterocycles. The van der Waals surface area contributed by atoms with Crippen molar-refractivity contribution < 1.29 is 19.4 Å². The number of aromatic carboxylic acids is 1. The van der Waals surface area contributed by atoms with Gasteiger partial charge in [0.1, 0.15) is 5.75 Å². The molecular weight excluding hydrogens is 328 g/mol. The molecule has 1 atom stereocenters. The zero-order valence-corrected chi connectivity index (χ0v) is 14.4. The molecule has 24 heavy (non-hydrogen) atoms. The average molecular weight is 348 g/mol. The summed E-state index contributed by atoms with van der Waals surface area (Å²) in [6.45, 7) is 2.45.